The molecule has 0 fully saturated rings. The highest BCUT2D eigenvalue weighted by Gasteiger charge is 2.22. The van der Waals surface area contributed by atoms with Gasteiger partial charge in [-0.15, -0.1) is 11.3 Å². The van der Waals surface area contributed by atoms with E-state index in [0.717, 1.165) is 76.4 Å². The normalized spacial score (nSPS) is 15.7. The first-order valence-corrected chi connectivity index (χ1v) is 16.6. The molecule has 42 heavy (non-hydrogen) atoms. The molecule has 1 atom stereocenters. The summed E-state index contributed by atoms with van der Waals surface area (Å²) in [5, 5.41) is 10.0. The van der Waals surface area contributed by atoms with Gasteiger partial charge in [0.2, 0.25) is 11.8 Å². The van der Waals surface area contributed by atoms with Crippen molar-refractivity contribution in [3.05, 3.63) is 83.5 Å². The molecule has 7 heteroatoms. The van der Waals surface area contributed by atoms with Crippen molar-refractivity contribution in [1.29, 1.82) is 0 Å². The Hall–Kier alpha value is -3.03. The number of nitrogens with one attached hydrogen (secondary N) is 3. The lowest BCUT2D eigenvalue weighted by Crippen LogP contribution is -2.34. The second-order valence-corrected chi connectivity index (χ2v) is 11.5. The first kappa shape index (κ1) is 35.2. The Bertz CT molecular complexity index is 1080. The molecule has 0 radical (unpaired) electrons. The van der Waals surface area contributed by atoms with Crippen molar-refractivity contribution < 1.29 is 9.59 Å². The Morgan fingerprint density at radius 3 is 1.98 bits per heavy atom. The van der Waals surface area contributed by atoms with E-state index in [-0.39, 0.29) is 18.2 Å². The van der Waals surface area contributed by atoms with Crippen LogP contribution in [0.1, 0.15) is 95.0 Å². The van der Waals surface area contributed by atoms with Crippen LogP contribution < -0.4 is 16.0 Å². The molecule has 1 aromatic heterocycles. The number of rotatable bonds is 21. The fourth-order valence-electron chi connectivity index (χ4n) is 4.39. The summed E-state index contributed by atoms with van der Waals surface area (Å²) in [5.41, 5.74) is 1.12. The van der Waals surface area contributed by atoms with Gasteiger partial charge in [-0.1, -0.05) is 86.8 Å². The average Bonchev–Trinajstić information content (AvgIpc) is 3.38. The molecule has 3 N–H and O–H groups in total. The molecule has 0 bridgehead atoms. The molecule has 1 aliphatic carbocycles. The van der Waals surface area contributed by atoms with Gasteiger partial charge in [0.1, 0.15) is 0 Å². The molecule has 0 saturated heterocycles. The fraction of sp³-hybridized carbons (Fsp3) is 0.514. The number of carbonyl (C=O) groups excluding carboxylic acids is 2. The van der Waals surface area contributed by atoms with Crippen LogP contribution in [-0.4, -0.2) is 35.9 Å². The number of hydrogen-bond acceptors (Lipinski definition) is 5. The van der Waals surface area contributed by atoms with Crippen molar-refractivity contribution in [2.24, 2.45) is 0 Å². The van der Waals surface area contributed by atoms with Crippen LogP contribution in [0.4, 0.5) is 5.13 Å². The van der Waals surface area contributed by atoms with Crippen LogP contribution in [0.15, 0.2) is 72.9 Å². The Labute approximate surface area is 258 Å². The van der Waals surface area contributed by atoms with E-state index in [1.54, 1.807) is 11.3 Å². The monoisotopic (exact) mass is 592 g/mol. The molecule has 0 aliphatic heterocycles. The molecule has 230 valence electrons. The van der Waals surface area contributed by atoms with Gasteiger partial charge in [-0.05, 0) is 77.2 Å². The molecule has 0 spiro atoms. The van der Waals surface area contributed by atoms with E-state index in [4.69, 9.17) is 0 Å². The zero-order valence-electron chi connectivity index (χ0n) is 25.8. The predicted octanol–water partition coefficient (Wildman–Crippen LogP) is 7.92. The maximum atomic E-state index is 12.3. The van der Waals surface area contributed by atoms with Crippen molar-refractivity contribution >= 4 is 28.3 Å². The Kier molecular flexibility index (Phi) is 19.7. The lowest BCUT2D eigenvalue weighted by atomic mass is 9.98. The number of nitrogens with zero attached hydrogens (tertiary/aromatic N) is 1. The van der Waals surface area contributed by atoms with Crippen LogP contribution in [0.5, 0.6) is 0 Å². The first-order chi connectivity index (χ1) is 20.6. The summed E-state index contributed by atoms with van der Waals surface area (Å²) in [5.74, 6) is -0.142. The third-order valence-electron chi connectivity index (χ3n) is 6.68. The van der Waals surface area contributed by atoms with Gasteiger partial charge in [0.05, 0.1) is 5.69 Å². The summed E-state index contributed by atoms with van der Waals surface area (Å²) in [6, 6.07) is 0.504. The summed E-state index contributed by atoms with van der Waals surface area (Å²) < 4.78 is 0. The number of carbonyl (C=O) groups is 2. The number of fused-ring (bicyclic) bond motifs is 1. The van der Waals surface area contributed by atoms with E-state index in [1.165, 1.54) is 4.88 Å². The quantitative estimate of drug-likeness (QED) is 0.127. The fourth-order valence-corrected chi connectivity index (χ4v) is 5.49. The van der Waals surface area contributed by atoms with E-state index in [0.29, 0.717) is 30.6 Å². The zero-order chi connectivity index (χ0) is 30.1. The highest BCUT2D eigenvalue weighted by atomic mass is 32.1. The maximum Gasteiger partial charge on any atom is 0.227 e. The minimum Gasteiger partial charge on any atom is -0.356 e. The minimum absolute atomic E-state index is 0.0299. The van der Waals surface area contributed by atoms with Gasteiger partial charge in [-0.25, -0.2) is 4.98 Å². The van der Waals surface area contributed by atoms with Gasteiger partial charge >= 0.3 is 0 Å². The van der Waals surface area contributed by atoms with Gasteiger partial charge in [-0.3, -0.25) is 9.59 Å². The van der Waals surface area contributed by atoms with E-state index in [1.807, 2.05) is 6.08 Å². The number of hydrogen-bond donors (Lipinski definition) is 3. The molecule has 0 aromatic carbocycles. The van der Waals surface area contributed by atoms with Gasteiger partial charge in [0.25, 0.3) is 0 Å². The van der Waals surface area contributed by atoms with Crippen molar-refractivity contribution in [1.82, 2.24) is 15.6 Å². The number of anilines is 1. The van der Waals surface area contributed by atoms with E-state index < -0.39 is 0 Å². The van der Waals surface area contributed by atoms with Crippen LogP contribution in [0.3, 0.4) is 0 Å². The predicted molar refractivity (Wildman–Crippen MR) is 180 cm³/mol. The van der Waals surface area contributed by atoms with Crippen LogP contribution in [0.2, 0.25) is 0 Å². The van der Waals surface area contributed by atoms with Crippen LogP contribution in [0, 0.1) is 0 Å². The minimum atomic E-state index is -0.112. The lowest BCUT2D eigenvalue weighted by Gasteiger charge is -2.21. The number of thiazole rings is 1. The number of aromatic nitrogens is 1. The Balaban J connectivity index is 1.46. The van der Waals surface area contributed by atoms with Gasteiger partial charge in [0.15, 0.2) is 5.13 Å². The maximum absolute atomic E-state index is 12.3. The molecular formula is C35H52N4O2S. The number of amides is 2. The molecule has 1 unspecified atom stereocenters. The highest BCUT2D eigenvalue weighted by molar-refractivity contribution is 7.15. The molecule has 1 aliphatic rings. The molecule has 1 aromatic rings. The van der Waals surface area contributed by atoms with Crippen molar-refractivity contribution in [2.45, 2.75) is 103 Å². The SMILES string of the molecule is CCC=CCC=CCC=CCC=CCC=CCC=CCCC(=O)NCCC(=O)Nc1nc2c(s1)CC(NCCC)CC2. The molecule has 0 saturated carbocycles. The number of allylic oxidation sites excluding steroid dienone is 12. The smallest absolute Gasteiger partial charge is 0.227 e. The zero-order valence-corrected chi connectivity index (χ0v) is 26.6. The van der Waals surface area contributed by atoms with Gasteiger partial charge < -0.3 is 16.0 Å². The summed E-state index contributed by atoms with van der Waals surface area (Å²) in [4.78, 5) is 30.3. The third-order valence-corrected chi connectivity index (χ3v) is 7.71. The molecule has 2 rings (SSSR count). The topological polar surface area (TPSA) is 83.1 Å². The molecule has 1 heterocycles. The average molecular weight is 593 g/mol. The van der Waals surface area contributed by atoms with Gasteiger partial charge in [0, 0.05) is 30.3 Å². The van der Waals surface area contributed by atoms with Gasteiger partial charge in [-0.2, -0.15) is 0 Å². The summed E-state index contributed by atoms with van der Waals surface area (Å²) >= 11 is 1.58. The van der Waals surface area contributed by atoms with E-state index in [2.05, 4.69) is 102 Å². The van der Waals surface area contributed by atoms with Crippen molar-refractivity contribution in [2.75, 3.05) is 18.4 Å². The second-order valence-electron chi connectivity index (χ2n) is 10.4. The van der Waals surface area contributed by atoms with Crippen molar-refractivity contribution in [3.63, 3.8) is 0 Å². The Morgan fingerprint density at radius 2 is 1.38 bits per heavy atom. The number of aryl methyl sites for hydroxylation is 1. The Morgan fingerprint density at radius 1 is 0.786 bits per heavy atom. The van der Waals surface area contributed by atoms with Crippen LogP contribution in [0.25, 0.3) is 0 Å². The van der Waals surface area contributed by atoms with Crippen LogP contribution >= 0.6 is 11.3 Å². The first-order valence-electron chi connectivity index (χ1n) is 15.8. The summed E-state index contributed by atoms with van der Waals surface area (Å²) in [7, 11) is 0. The standard InChI is InChI=1S/C35H52N4O2S/c1-3-5-6-7-8-9-10-11-12-13-14-15-16-17-18-19-20-21-22-23-33(40)37-28-26-34(41)39-35-38-31-25-24-30(36-27-4-2)29-32(31)42-35/h5-6,8-9,11-12,14-15,17-18,20-21,30,36H,3-4,7,10,13,16,19,22-29H2,1-2H3,(H,37,40)(H,38,39,41). The van der Waals surface area contributed by atoms with E-state index in [9.17, 15) is 9.59 Å². The second kappa shape index (κ2) is 23.5. The molecular weight excluding hydrogens is 540 g/mol. The van der Waals surface area contributed by atoms with Crippen molar-refractivity contribution in [3.8, 4) is 0 Å². The summed E-state index contributed by atoms with van der Waals surface area (Å²) in [6.45, 7) is 5.70. The third kappa shape index (κ3) is 17.0. The van der Waals surface area contributed by atoms with E-state index >= 15 is 0 Å². The largest absolute Gasteiger partial charge is 0.356 e. The molecule has 6 nitrogen and oxygen atoms in total. The van der Waals surface area contributed by atoms with Crippen LogP contribution in [-0.2, 0) is 22.4 Å². The summed E-state index contributed by atoms with van der Waals surface area (Å²) in [6.07, 6.45) is 37.5. The molecule has 2 amide bonds. The lowest BCUT2D eigenvalue weighted by molar-refractivity contribution is -0.121. The highest BCUT2D eigenvalue weighted by Crippen LogP contribution is 2.29.